The van der Waals surface area contributed by atoms with Crippen molar-refractivity contribution in [2.75, 3.05) is 7.05 Å². The average Bonchev–Trinajstić information content (AvgIpc) is 3.02. The first kappa shape index (κ1) is 18.1. The van der Waals surface area contributed by atoms with Gasteiger partial charge in [-0.3, -0.25) is 4.79 Å². The first-order valence-electron chi connectivity index (χ1n) is 7.70. The molecule has 0 saturated carbocycles. The fourth-order valence-corrected chi connectivity index (χ4v) is 3.15. The number of benzene rings is 1. The molecule has 0 saturated heterocycles. The van der Waals surface area contributed by atoms with Crippen LogP contribution in [0.3, 0.4) is 0 Å². The quantitative estimate of drug-likeness (QED) is 0.902. The summed E-state index contributed by atoms with van der Waals surface area (Å²) in [7, 11) is 1.51. The van der Waals surface area contributed by atoms with E-state index in [1.807, 2.05) is 51.1 Å². The van der Waals surface area contributed by atoms with Gasteiger partial charge in [0, 0.05) is 24.3 Å². The third-order valence-corrected chi connectivity index (χ3v) is 4.98. The molecule has 0 aliphatic rings. The molecule has 0 bridgehead atoms. The van der Waals surface area contributed by atoms with Crippen LogP contribution in [0.25, 0.3) is 0 Å². The zero-order valence-corrected chi connectivity index (χ0v) is 15.1. The largest absolute Gasteiger partial charge is 0.480 e. The van der Waals surface area contributed by atoms with Crippen molar-refractivity contribution in [3.8, 4) is 0 Å². The minimum atomic E-state index is -1.03. The average molecular weight is 346 g/mol. The summed E-state index contributed by atoms with van der Waals surface area (Å²) in [5.74, 6) is -1.40. The number of carbonyl (C=O) groups is 2. The number of hydrogen-bond acceptors (Lipinski definition) is 4. The Bertz CT molecular complexity index is 719. The highest BCUT2D eigenvalue weighted by atomic mass is 32.1. The number of rotatable bonds is 5. The minimum Gasteiger partial charge on any atom is -0.480 e. The summed E-state index contributed by atoms with van der Waals surface area (Å²) in [6, 6.07) is 8.36. The van der Waals surface area contributed by atoms with E-state index in [0.29, 0.717) is 5.69 Å². The lowest BCUT2D eigenvalue weighted by Gasteiger charge is -2.24. The molecule has 2 rings (SSSR count). The molecule has 0 radical (unpaired) electrons. The van der Waals surface area contributed by atoms with E-state index in [1.165, 1.54) is 23.3 Å². The molecular weight excluding hydrogens is 324 g/mol. The predicted octanol–water partition coefficient (Wildman–Crippen LogP) is 3.21. The molecule has 128 valence electrons. The van der Waals surface area contributed by atoms with Gasteiger partial charge in [-0.05, 0) is 5.56 Å². The number of aromatic nitrogens is 1. The number of carbonyl (C=O) groups excluding carboxylic acids is 1. The van der Waals surface area contributed by atoms with E-state index in [9.17, 15) is 14.7 Å². The van der Waals surface area contributed by atoms with Crippen LogP contribution in [0.2, 0.25) is 0 Å². The second-order valence-electron chi connectivity index (χ2n) is 6.75. The maximum absolute atomic E-state index is 12.6. The summed E-state index contributed by atoms with van der Waals surface area (Å²) >= 11 is 1.42. The molecule has 24 heavy (non-hydrogen) atoms. The van der Waals surface area contributed by atoms with E-state index in [1.54, 1.807) is 5.38 Å². The molecule has 2 aromatic rings. The number of hydrogen-bond donors (Lipinski definition) is 1. The molecule has 1 unspecified atom stereocenters. The summed E-state index contributed by atoms with van der Waals surface area (Å²) in [4.78, 5) is 29.9. The van der Waals surface area contributed by atoms with Crippen LogP contribution < -0.4 is 0 Å². The Morgan fingerprint density at radius 2 is 1.88 bits per heavy atom. The summed E-state index contributed by atoms with van der Waals surface area (Å²) in [5.41, 5.74) is 1.03. The van der Waals surface area contributed by atoms with E-state index in [2.05, 4.69) is 4.98 Å². The van der Waals surface area contributed by atoms with Crippen LogP contribution >= 0.6 is 11.3 Å². The van der Waals surface area contributed by atoms with Gasteiger partial charge in [0.25, 0.3) is 5.91 Å². The Labute approximate surface area is 146 Å². The predicted molar refractivity (Wildman–Crippen MR) is 94.5 cm³/mol. The number of aliphatic carboxylic acids is 1. The number of nitrogens with zero attached hydrogens (tertiary/aromatic N) is 2. The highest BCUT2D eigenvalue weighted by Gasteiger charge is 2.29. The SMILES string of the molecule is CN(C(=O)c1csc(C(C)(C)C)n1)C(Cc1ccccc1)C(=O)O. The van der Waals surface area contributed by atoms with Crippen molar-refractivity contribution in [3.05, 3.63) is 52.0 Å². The molecule has 5 nitrogen and oxygen atoms in total. The van der Waals surface area contributed by atoms with Gasteiger partial charge in [-0.1, -0.05) is 51.1 Å². The van der Waals surface area contributed by atoms with Gasteiger partial charge in [-0.25, -0.2) is 9.78 Å². The van der Waals surface area contributed by atoms with Gasteiger partial charge in [0.05, 0.1) is 5.01 Å². The van der Waals surface area contributed by atoms with Crippen molar-refractivity contribution in [1.82, 2.24) is 9.88 Å². The van der Waals surface area contributed by atoms with E-state index in [0.717, 1.165) is 10.6 Å². The number of amides is 1. The van der Waals surface area contributed by atoms with Gasteiger partial charge >= 0.3 is 5.97 Å². The van der Waals surface area contributed by atoms with Gasteiger partial charge in [0.1, 0.15) is 11.7 Å². The minimum absolute atomic E-state index is 0.141. The van der Waals surface area contributed by atoms with E-state index in [-0.39, 0.29) is 17.7 Å². The molecule has 1 atom stereocenters. The fraction of sp³-hybridized carbons (Fsp3) is 0.389. The highest BCUT2D eigenvalue weighted by molar-refractivity contribution is 7.10. The number of carboxylic acid groups (broad SMARTS) is 1. The molecule has 0 fully saturated rings. The molecule has 1 heterocycles. The van der Waals surface area contributed by atoms with Crippen LogP contribution in [0, 0.1) is 0 Å². The molecule has 0 aliphatic heterocycles. The van der Waals surface area contributed by atoms with Gasteiger partial charge in [-0.2, -0.15) is 0 Å². The van der Waals surface area contributed by atoms with Crippen LogP contribution in [0.4, 0.5) is 0 Å². The standard InChI is InChI=1S/C18H22N2O3S/c1-18(2,3)17-19-13(11-24-17)15(21)20(4)14(16(22)23)10-12-8-6-5-7-9-12/h5-9,11,14H,10H2,1-4H3,(H,22,23). The smallest absolute Gasteiger partial charge is 0.326 e. The Hall–Kier alpha value is -2.21. The van der Waals surface area contributed by atoms with Crippen molar-refractivity contribution in [2.24, 2.45) is 0 Å². The van der Waals surface area contributed by atoms with Crippen LogP contribution in [0.1, 0.15) is 41.8 Å². The third kappa shape index (κ3) is 4.20. The zero-order valence-electron chi connectivity index (χ0n) is 14.3. The van der Waals surface area contributed by atoms with Gasteiger partial charge < -0.3 is 10.0 Å². The van der Waals surface area contributed by atoms with Crippen molar-refractivity contribution in [2.45, 2.75) is 38.6 Å². The van der Waals surface area contributed by atoms with Gasteiger partial charge in [0.2, 0.25) is 0 Å². The second kappa shape index (κ2) is 7.13. The Morgan fingerprint density at radius 1 is 1.25 bits per heavy atom. The van der Waals surface area contributed by atoms with Crippen LogP contribution in [-0.4, -0.2) is 40.0 Å². The molecule has 1 N–H and O–H groups in total. The van der Waals surface area contributed by atoms with Crippen LogP contribution in [0.5, 0.6) is 0 Å². The number of carboxylic acids is 1. The molecule has 1 aromatic carbocycles. The van der Waals surface area contributed by atoms with Crippen molar-refractivity contribution >= 4 is 23.2 Å². The molecule has 0 spiro atoms. The van der Waals surface area contributed by atoms with Crippen molar-refractivity contribution < 1.29 is 14.7 Å². The molecule has 6 heteroatoms. The first-order valence-corrected chi connectivity index (χ1v) is 8.58. The van der Waals surface area contributed by atoms with Crippen LogP contribution in [0.15, 0.2) is 35.7 Å². The van der Waals surface area contributed by atoms with Crippen molar-refractivity contribution in [1.29, 1.82) is 0 Å². The monoisotopic (exact) mass is 346 g/mol. The Morgan fingerprint density at radius 3 is 2.38 bits per heavy atom. The lowest BCUT2D eigenvalue weighted by atomic mass is 9.98. The summed E-state index contributed by atoms with van der Waals surface area (Å²) in [5, 5.41) is 12.1. The molecular formula is C18H22N2O3S. The van der Waals surface area contributed by atoms with Crippen molar-refractivity contribution in [3.63, 3.8) is 0 Å². The molecule has 1 amide bonds. The van der Waals surface area contributed by atoms with Gasteiger partial charge in [-0.15, -0.1) is 11.3 Å². The summed E-state index contributed by atoms with van der Waals surface area (Å²) in [6.07, 6.45) is 0.259. The Balaban J connectivity index is 2.20. The second-order valence-corrected chi connectivity index (χ2v) is 7.61. The summed E-state index contributed by atoms with van der Waals surface area (Å²) in [6.45, 7) is 6.08. The topological polar surface area (TPSA) is 70.5 Å². The summed E-state index contributed by atoms with van der Waals surface area (Å²) < 4.78 is 0. The normalized spacial score (nSPS) is 12.7. The van der Waals surface area contributed by atoms with Crippen LogP contribution in [-0.2, 0) is 16.6 Å². The first-order chi connectivity index (χ1) is 11.2. The highest BCUT2D eigenvalue weighted by Crippen LogP contribution is 2.26. The zero-order chi connectivity index (χ0) is 17.9. The van der Waals surface area contributed by atoms with E-state index in [4.69, 9.17) is 0 Å². The number of thiazole rings is 1. The number of likely N-dealkylation sites (N-methyl/N-ethyl adjacent to an activating group) is 1. The van der Waals surface area contributed by atoms with E-state index >= 15 is 0 Å². The fourth-order valence-electron chi connectivity index (χ4n) is 2.27. The maximum Gasteiger partial charge on any atom is 0.326 e. The molecule has 0 aliphatic carbocycles. The molecule has 1 aromatic heterocycles. The van der Waals surface area contributed by atoms with Gasteiger partial charge in [0.15, 0.2) is 0 Å². The maximum atomic E-state index is 12.6. The van der Waals surface area contributed by atoms with E-state index < -0.39 is 12.0 Å². The lowest BCUT2D eigenvalue weighted by molar-refractivity contribution is -0.141. The lowest BCUT2D eigenvalue weighted by Crippen LogP contribution is -2.44. The Kier molecular flexibility index (Phi) is 5.39. The third-order valence-electron chi connectivity index (χ3n) is 3.71.